The first-order chi connectivity index (χ1) is 30.0. The Kier molecular flexibility index (Phi) is 45.6. The number of hydrogen-bond donors (Lipinski definition) is 0. The Morgan fingerprint density at radius 2 is 0.721 bits per heavy atom. The molecule has 6 heteroatoms. The van der Waals surface area contributed by atoms with Gasteiger partial charge < -0.3 is 14.2 Å². The number of ether oxygens (including phenoxy) is 3. The Balaban J connectivity index is 4.46. The van der Waals surface area contributed by atoms with Crippen molar-refractivity contribution in [2.24, 2.45) is 0 Å². The molecule has 0 N–H and O–H groups in total. The highest BCUT2D eigenvalue weighted by Crippen LogP contribution is 2.13. The summed E-state index contributed by atoms with van der Waals surface area (Å²) in [6, 6.07) is 0. The van der Waals surface area contributed by atoms with Gasteiger partial charge in [0.1, 0.15) is 13.2 Å². The maximum atomic E-state index is 12.8. The van der Waals surface area contributed by atoms with E-state index < -0.39 is 6.10 Å². The van der Waals surface area contributed by atoms with Gasteiger partial charge in [0, 0.05) is 19.3 Å². The van der Waals surface area contributed by atoms with Crippen LogP contribution in [-0.4, -0.2) is 37.2 Å². The van der Waals surface area contributed by atoms with E-state index in [-0.39, 0.29) is 31.1 Å². The molecule has 0 amide bonds. The van der Waals surface area contributed by atoms with Crippen LogP contribution in [0.1, 0.15) is 201 Å². The molecule has 0 aromatic heterocycles. The van der Waals surface area contributed by atoms with Gasteiger partial charge >= 0.3 is 17.9 Å². The van der Waals surface area contributed by atoms with Crippen molar-refractivity contribution in [2.75, 3.05) is 13.2 Å². The highest BCUT2D eigenvalue weighted by atomic mass is 16.6. The topological polar surface area (TPSA) is 78.9 Å². The third kappa shape index (κ3) is 47.0. The summed E-state index contributed by atoms with van der Waals surface area (Å²) in [6.45, 7) is 6.29. The molecule has 0 aliphatic carbocycles. The van der Waals surface area contributed by atoms with E-state index in [1.807, 2.05) is 24.3 Å². The summed E-state index contributed by atoms with van der Waals surface area (Å²) in [5, 5.41) is 0. The van der Waals surface area contributed by atoms with Crippen LogP contribution < -0.4 is 0 Å². The normalized spacial score (nSPS) is 13.0. The van der Waals surface area contributed by atoms with E-state index in [9.17, 15) is 14.4 Å². The monoisotopic (exact) mass is 845 g/mol. The van der Waals surface area contributed by atoms with Crippen molar-refractivity contribution in [3.05, 3.63) is 109 Å². The summed E-state index contributed by atoms with van der Waals surface area (Å²) in [7, 11) is 0. The third-order valence-electron chi connectivity index (χ3n) is 9.87. The summed E-state index contributed by atoms with van der Waals surface area (Å²) in [5.74, 6) is -0.968. The van der Waals surface area contributed by atoms with Crippen LogP contribution in [-0.2, 0) is 28.6 Å². The number of unbranched alkanes of at least 4 members (excludes halogenated alkanes) is 16. The summed E-state index contributed by atoms with van der Waals surface area (Å²) in [6.07, 6.45) is 65.0. The van der Waals surface area contributed by atoms with Crippen LogP contribution in [0.2, 0.25) is 0 Å². The first-order valence-electron chi connectivity index (χ1n) is 24.4. The molecule has 0 fully saturated rings. The molecule has 6 nitrogen and oxygen atoms in total. The molecule has 0 aromatic carbocycles. The van der Waals surface area contributed by atoms with E-state index in [0.717, 1.165) is 122 Å². The maximum absolute atomic E-state index is 12.8. The van der Waals surface area contributed by atoms with Crippen molar-refractivity contribution in [1.29, 1.82) is 0 Å². The van der Waals surface area contributed by atoms with Gasteiger partial charge in [0.05, 0.1) is 0 Å². The summed E-state index contributed by atoms with van der Waals surface area (Å²) in [4.78, 5) is 37.8. The van der Waals surface area contributed by atoms with Gasteiger partial charge in [-0.05, 0) is 83.5 Å². The van der Waals surface area contributed by atoms with Crippen LogP contribution in [0.4, 0.5) is 0 Å². The second-order valence-electron chi connectivity index (χ2n) is 15.7. The molecule has 1 unspecified atom stereocenters. The van der Waals surface area contributed by atoms with E-state index in [4.69, 9.17) is 14.2 Å². The molecule has 344 valence electrons. The van der Waals surface area contributed by atoms with Crippen LogP contribution in [0.3, 0.4) is 0 Å². The minimum atomic E-state index is -0.803. The number of esters is 3. The van der Waals surface area contributed by atoms with Gasteiger partial charge in [-0.15, -0.1) is 0 Å². The van der Waals surface area contributed by atoms with Crippen LogP contribution >= 0.6 is 0 Å². The van der Waals surface area contributed by atoms with E-state index in [0.29, 0.717) is 19.3 Å². The van der Waals surface area contributed by atoms with E-state index >= 15 is 0 Å². The van der Waals surface area contributed by atoms with Crippen LogP contribution in [0.15, 0.2) is 109 Å². The van der Waals surface area contributed by atoms with Crippen molar-refractivity contribution in [3.8, 4) is 0 Å². The van der Waals surface area contributed by atoms with Crippen molar-refractivity contribution in [3.63, 3.8) is 0 Å². The largest absolute Gasteiger partial charge is 0.462 e. The summed E-state index contributed by atoms with van der Waals surface area (Å²) < 4.78 is 16.7. The highest BCUT2D eigenvalue weighted by Gasteiger charge is 2.19. The Morgan fingerprint density at radius 1 is 0.361 bits per heavy atom. The van der Waals surface area contributed by atoms with E-state index in [2.05, 4.69) is 106 Å². The minimum Gasteiger partial charge on any atom is -0.462 e. The molecular formula is C55H88O6. The standard InChI is InChI=1S/C55H88O6/c1-4-7-10-13-16-19-21-23-25-26-27-28-30-31-33-36-39-42-45-48-54(57)60-51-52(50-59-53(56)47-44-41-38-35-18-15-12-9-6-3)61-55(58)49-46-43-40-37-34-32-29-24-22-20-17-14-11-8-5-2/h7-8,10-11,14,16-17,19-20,22-25,27-29,31,33,52H,4-6,9,12-13,15,18,21,26,30,32,34-51H2,1-3H3/b10-7-,11-8-,17-14-,19-16-,22-20-,25-23-,28-27-,29-24-,33-31-. The van der Waals surface area contributed by atoms with E-state index in [1.54, 1.807) is 0 Å². The quantitative estimate of drug-likeness (QED) is 0.0200. The van der Waals surface area contributed by atoms with Gasteiger partial charge in [0.15, 0.2) is 6.10 Å². The van der Waals surface area contributed by atoms with Crippen LogP contribution in [0.25, 0.3) is 0 Å². The van der Waals surface area contributed by atoms with Crippen molar-refractivity contribution in [1.82, 2.24) is 0 Å². The van der Waals surface area contributed by atoms with Crippen molar-refractivity contribution >= 4 is 17.9 Å². The fraction of sp³-hybridized carbons (Fsp3) is 0.618. The zero-order chi connectivity index (χ0) is 44.4. The molecule has 0 saturated carbocycles. The lowest BCUT2D eigenvalue weighted by molar-refractivity contribution is -0.167. The molecule has 0 spiro atoms. The number of carbonyl (C=O) groups is 3. The zero-order valence-electron chi connectivity index (χ0n) is 39.1. The SMILES string of the molecule is CC\C=C/C=C\C=C/C=C\CCCCCCCC(=O)OC(COC(=O)CCCCC/C=C\C/C=C\C/C=C\C/C=C\C/C=C\CC)COC(=O)CCCCCCCCCCC. The smallest absolute Gasteiger partial charge is 0.306 e. The molecule has 1 atom stereocenters. The number of allylic oxidation sites excluding steroid dienone is 18. The molecule has 0 aliphatic heterocycles. The number of carbonyl (C=O) groups excluding carboxylic acids is 3. The molecule has 0 rings (SSSR count). The average molecular weight is 845 g/mol. The molecule has 61 heavy (non-hydrogen) atoms. The van der Waals surface area contributed by atoms with Gasteiger partial charge in [0.2, 0.25) is 0 Å². The fourth-order valence-electron chi connectivity index (χ4n) is 6.24. The number of rotatable bonds is 42. The molecule has 0 radical (unpaired) electrons. The lowest BCUT2D eigenvalue weighted by Crippen LogP contribution is -2.30. The van der Waals surface area contributed by atoms with Gasteiger partial charge in [-0.25, -0.2) is 0 Å². The number of hydrogen-bond acceptors (Lipinski definition) is 6. The van der Waals surface area contributed by atoms with Gasteiger partial charge in [-0.1, -0.05) is 207 Å². The maximum Gasteiger partial charge on any atom is 0.306 e. The van der Waals surface area contributed by atoms with Gasteiger partial charge in [-0.2, -0.15) is 0 Å². The predicted octanol–water partition coefficient (Wildman–Crippen LogP) is 16.0. The van der Waals surface area contributed by atoms with Crippen molar-refractivity contribution in [2.45, 2.75) is 207 Å². The van der Waals surface area contributed by atoms with Gasteiger partial charge in [0.25, 0.3) is 0 Å². The zero-order valence-corrected chi connectivity index (χ0v) is 39.1. The lowest BCUT2D eigenvalue weighted by atomic mass is 10.1. The second kappa shape index (κ2) is 48.7. The van der Waals surface area contributed by atoms with Crippen molar-refractivity contribution < 1.29 is 28.6 Å². The molecule has 0 aromatic rings. The third-order valence-corrected chi connectivity index (χ3v) is 9.87. The predicted molar refractivity (Wildman–Crippen MR) is 260 cm³/mol. The molecule has 0 aliphatic rings. The Bertz CT molecular complexity index is 1290. The molecule has 0 bridgehead atoms. The minimum absolute atomic E-state index is 0.0998. The highest BCUT2D eigenvalue weighted by molar-refractivity contribution is 5.71. The summed E-state index contributed by atoms with van der Waals surface area (Å²) >= 11 is 0. The molecular weight excluding hydrogens is 757 g/mol. The van der Waals surface area contributed by atoms with Crippen LogP contribution in [0.5, 0.6) is 0 Å². The van der Waals surface area contributed by atoms with E-state index in [1.165, 1.54) is 38.5 Å². The molecule has 0 heterocycles. The van der Waals surface area contributed by atoms with Crippen LogP contribution in [0, 0.1) is 0 Å². The van der Waals surface area contributed by atoms with Gasteiger partial charge in [-0.3, -0.25) is 14.4 Å². The Morgan fingerprint density at radius 3 is 1.21 bits per heavy atom. The second-order valence-corrected chi connectivity index (χ2v) is 15.7. The first-order valence-corrected chi connectivity index (χ1v) is 24.4. The fourth-order valence-corrected chi connectivity index (χ4v) is 6.24. The summed E-state index contributed by atoms with van der Waals surface area (Å²) in [5.41, 5.74) is 0. The lowest BCUT2D eigenvalue weighted by Gasteiger charge is -2.18. The Hall–Kier alpha value is -3.93. The Labute approximate surface area is 374 Å². The molecule has 0 saturated heterocycles. The average Bonchev–Trinajstić information content (AvgIpc) is 3.26. The first kappa shape index (κ1) is 57.1.